The molecule has 2 aliphatic rings. The maximum atomic E-state index is 12.0. The minimum absolute atomic E-state index is 0.136. The number of carbonyl (C=O) groups excluding carboxylic acids is 1. The summed E-state index contributed by atoms with van der Waals surface area (Å²) in [5.74, 6) is -0.136. The Balaban J connectivity index is 1.90. The van der Waals surface area contributed by atoms with Gasteiger partial charge in [0, 0.05) is 19.2 Å². The molecule has 5 nitrogen and oxygen atoms in total. The van der Waals surface area contributed by atoms with Crippen molar-refractivity contribution in [3.05, 3.63) is 0 Å². The van der Waals surface area contributed by atoms with Gasteiger partial charge in [-0.3, -0.25) is 4.79 Å². The van der Waals surface area contributed by atoms with Crippen LogP contribution in [0.25, 0.3) is 0 Å². The fraction of sp³-hybridized carbons (Fsp3) is 0.929. The van der Waals surface area contributed by atoms with Crippen LogP contribution in [0.15, 0.2) is 0 Å². The monoisotopic (exact) mass is 270 g/mol. The molecule has 1 aliphatic heterocycles. The molecule has 1 saturated carbocycles. The van der Waals surface area contributed by atoms with Gasteiger partial charge in [0.05, 0.1) is 13.2 Å². The highest BCUT2D eigenvalue weighted by Gasteiger charge is 2.46. The summed E-state index contributed by atoms with van der Waals surface area (Å²) in [6, 6.07) is 0.427. The molecule has 0 aromatic carbocycles. The van der Waals surface area contributed by atoms with Gasteiger partial charge in [-0.25, -0.2) is 0 Å². The van der Waals surface area contributed by atoms with E-state index in [4.69, 9.17) is 9.47 Å². The summed E-state index contributed by atoms with van der Waals surface area (Å²) in [7, 11) is 5.44. The Morgan fingerprint density at radius 2 is 2.32 bits per heavy atom. The van der Waals surface area contributed by atoms with Gasteiger partial charge in [0.15, 0.2) is 0 Å². The summed E-state index contributed by atoms with van der Waals surface area (Å²) < 4.78 is 10.6. The molecule has 2 fully saturated rings. The van der Waals surface area contributed by atoms with Crippen molar-refractivity contribution in [2.75, 3.05) is 34.4 Å². The topological polar surface area (TPSA) is 50.8 Å². The van der Waals surface area contributed by atoms with Gasteiger partial charge in [-0.05, 0) is 46.2 Å². The lowest BCUT2D eigenvalue weighted by Crippen LogP contribution is -2.50. The average Bonchev–Trinajstić information content (AvgIpc) is 3.07. The predicted octanol–water partition coefficient (Wildman–Crippen LogP) is 0.781. The number of rotatable bonds is 5. The maximum Gasteiger partial charge on any atom is 0.326 e. The Hall–Kier alpha value is -0.650. The van der Waals surface area contributed by atoms with Crippen molar-refractivity contribution in [1.82, 2.24) is 10.2 Å². The number of likely N-dealkylation sites (N-methyl/N-ethyl adjacent to an activating group) is 2. The summed E-state index contributed by atoms with van der Waals surface area (Å²) in [6.45, 7) is 1.86. The molecule has 1 heterocycles. The number of ether oxygens (including phenoxy) is 2. The number of hydrogen-bond acceptors (Lipinski definition) is 5. The first-order valence-electron chi connectivity index (χ1n) is 7.20. The predicted molar refractivity (Wildman–Crippen MR) is 73.0 cm³/mol. The number of methoxy groups -OCH3 is 1. The van der Waals surface area contributed by atoms with E-state index in [9.17, 15) is 4.79 Å². The van der Waals surface area contributed by atoms with Crippen molar-refractivity contribution < 1.29 is 14.3 Å². The standard InChI is InChI=1S/C14H26N2O3/c1-15-14(13(17)18-3)7-6-11(9-14)16(2)10-12-5-4-8-19-12/h11-12,15H,4-10H2,1-3H3. The summed E-state index contributed by atoms with van der Waals surface area (Å²) >= 11 is 0. The number of hydrogen-bond donors (Lipinski definition) is 1. The van der Waals surface area contributed by atoms with E-state index in [0.717, 1.165) is 38.8 Å². The van der Waals surface area contributed by atoms with Crippen LogP contribution in [0.1, 0.15) is 32.1 Å². The van der Waals surface area contributed by atoms with Gasteiger partial charge < -0.3 is 19.7 Å². The van der Waals surface area contributed by atoms with Crippen molar-refractivity contribution >= 4 is 5.97 Å². The van der Waals surface area contributed by atoms with Crippen molar-refractivity contribution in [2.45, 2.75) is 49.8 Å². The number of nitrogens with zero attached hydrogens (tertiary/aromatic N) is 1. The van der Waals surface area contributed by atoms with Crippen LogP contribution in [0.2, 0.25) is 0 Å². The van der Waals surface area contributed by atoms with Crippen LogP contribution >= 0.6 is 0 Å². The third kappa shape index (κ3) is 3.09. The minimum atomic E-state index is -0.496. The van der Waals surface area contributed by atoms with Gasteiger partial charge in [0.1, 0.15) is 5.54 Å². The zero-order chi connectivity index (χ0) is 13.9. The average molecular weight is 270 g/mol. The quantitative estimate of drug-likeness (QED) is 0.748. The number of nitrogens with one attached hydrogen (secondary N) is 1. The molecular weight excluding hydrogens is 244 g/mol. The minimum Gasteiger partial charge on any atom is -0.468 e. The van der Waals surface area contributed by atoms with E-state index < -0.39 is 5.54 Å². The van der Waals surface area contributed by atoms with Crippen LogP contribution < -0.4 is 5.32 Å². The molecule has 1 saturated heterocycles. The SMILES string of the molecule is CNC1(C(=O)OC)CCC(N(C)CC2CCCO2)C1. The van der Waals surface area contributed by atoms with Crippen LogP contribution in [0.4, 0.5) is 0 Å². The van der Waals surface area contributed by atoms with E-state index in [-0.39, 0.29) is 5.97 Å². The molecule has 0 spiro atoms. The number of esters is 1. The molecule has 3 unspecified atom stereocenters. The van der Waals surface area contributed by atoms with E-state index in [2.05, 4.69) is 17.3 Å². The second-order valence-corrected chi connectivity index (χ2v) is 5.79. The first kappa shape index (κ1) is 14.8. The second-order valence-electron chi connectivity index (χ2n) is 5.79. The highest BCUT2D eigenvalue weighted by atomic mass is 16.5. The van der Waals surface area contributed by atoms with Gasteiger partial charge in [-0.2, -0.15) is 0 Å². The van der Waals surface area contributed by atoms with Crippen molar-refractivity contribution in [1.29, 1.82) is 0 Å². The van der Waals surface area contributed by atoms with Crippen molar-refractivity contribution in [3.8, 4) is 0 Å². The number of carbonyl (C=O) groups is 1. The summed E-state index contributed by atoms with van der Waals surface area (Å²) in [4.78, 5) is 14.3. The van der Waals surface area contributed by atoms with Gasteiger partial charge in [-0.1, -0.05) is 0 Å². The lowest BCUT2D eigenvalue weighted by molar-refractivity contribution is -0.148. The lowest BCUT2D eigenvalue weighted by Gasteiger charge is -2.29. The Bertz CT molecular complexity index is 318. The third-order valence-electron chi connectivity index (χ3n) is 4.68. The smallest absolute Gasteiger partial charge is 0.326 e. The fourth-order valence-corrected chi connectivity index (χ4v) is 3.36. The summed E-state index contributed by atoms with van der Waals surface area (Å²) in [5.41, 5.74) is -0.496. The summed E-state index contributed by atoms with van der Waals surface area (Å²) in [5, 5.41) is 3.17. The Kier molecular flexibility index (Phi) is 4.81. The van der Waals surface area contributed by atoms with E-state index in [1.54, 1.807) is 0 Å². The highest BCUT2D eigenvalue weighted by molar-refractivity contribution is 5.81. The first-order chi connectivity index (χ1) is 9.11. The molecule has 19 heavy (non-hydrogen) atoms. The van der Waals surface area contributed by atoms with Gasteiger partial charge >= 0.3 is 5.97 Å². The molecule has 0 bridgehead atoms. The molecule has 0 aromatic rings. The Morgan fingerprint density at radius 3 is 2.89 bits per heavy atom. The Labute approximate surface area is 115 Å². The molecule has 1 aliphatic carbocycles. The summed E-state index contributed by atoms with van der Waals surface area (Å²) in [6.07, 6.45) is 5.39. The molecule has 3 atom stereocenters. The van der Waals surface area contributed by atoms with Crippen LogP contribution in [0.5, 0.6) is 0 Å². The third-order valence-corrected chi connectivity index (χ3v) is 4.68. The zero-order valence-corrected chi connectivity index (χ0v) is 12.3. The van der Waals surface area contributed by atoms with Gasteiger partial charge in [-0.15, -0.1) is 0 Å². The van der Waals surface area contributed by atoms with E-state index in [1.807, 2.05) is 7.05 Å². The molecule has 2 rings (SSSR count). The van der Waals surface area contributed by atoms with E-state index in [0.29, 0.717) is 12.1 Å². The van der Waals surface area contributed by atoms with Crippen molar-refractivity contribution in [2.24, 2.45) is 0 Å². The molecular formula is C14H26N2O3. The zero-order valence-electron chi connectivity index (χ0n) is 12.3. The van der Waals surface area contributed by atoms with Crippen LogP contribution in [0, 0.1) is 0 Å². The largest absolute Gasteiger partial charge is 0.468 e. The van der Waals surface area contributed by atoms with Crippen LogP contribution in [0.3, 0.4) is 0 Å². The molecule has 5 heteroatoms. The molecule has 1 N–H and O–H groups in total. The highest BCUT2D eigenvalue weighted by Crippen LogP contribution is 2.33. The van der Waals surface area contributed by atoms with Crippen LogP contribution in [-0.4, -0.2) is 62.9 Å². The fourth-order valence-electron chi connectivity index (χ4n) is 3.36. The molecule has 0 amide bonds. The Morgan fingerprint density at radius 1 is 1.53 bits per heavy atom. The lowest BCUT2D eigenvalue weighted by atomic mass is 9.97. The molecule has 0 aromatic heterocycles. The first-order valence-corrected chi connectivity index (χ1v) is 7.20. The van der Waals surface area contributed by atoms with Gasteiger partial charge in [0.2, 0.25) is 0 Å². The molecule has 0 radical (unpaired) electrons. The van der Waals surface area contributed by atoms with Gasteiger partial charge in [0.25, 0.3) is 0 Å². The second kappa shape index (κ2) is 6.20. The maximum absolute atomic E-state index is 12.0. The normalized spacial score (nSPS) is 34.9. The van der Waals surface area contributed by atoms with Crippen molar-refractivity contribution in [3.63, 3.8) is 0 Å². The molecule has 110 valence electrons. The van der Waals surface area contributed by atoms with Crippen LogP contribution in [-0.2, 0) is 14.3 Å². The van der Waals surface area contributed by atoms with E-state index >= 15 is 0 Å². The van der Waals surface area contributed by atoms with E-state index in [1.165, 1.54) is 13.5 Å².